The Balaban J connectivity index is 2.35. The molecule has 0 atom stereocenters. The van der Waals surface area contributed by atoms with Crippen LogP contribution >= 0.6 is 0 Å². The maximum absolute atomic E-state index is 12.0. The van der Waals surface area contributed by atoms with Gasteiger partial charge in [0.25, 0.3) is 0 Å². The van der Waals surface area contributed by atoms with Crippen molar-refractivity contribution in [2.24, 2.45) is 0 Å². The van der Waals surface area contributed by atoms with Gasteiger partial charge in [-0.2, -0.15) is 0 Å². The van der Waals surface area contributed by atoms with E-state index in [2.05, 4.69) is 4.98 Å². The molecule has 19 heavy (non-hydrogen) atoms. The van der Waals surface area contributed by atoms with Crippen LogP contribution in [0.3, 0.4) is 0 Å². The van der Waals surface area contributed by atoms with Gasteiger partial charge >= 0.3 is 6.09 Å². The smallest absolute Gasteiger partial charge is 0.408 e. The molecular weight excluding hydrogens is 240 g/mol. The summed E-state index contributed by atoms with van der Waals surface area (Å²) >= 11 is 0. The van der Waals surface area contributed by atoms with Crippen molar-refractivity contribution < 1.29 is 9.53 Å². The third-order valence-corrected chi connectivity index (χ3v) is 3.04. The first kappa shape index (κ1) is 13.3. The first-order valence-corrected chi connectivity index (χ1v) is 6.48. The fourth-order valence-corrected chi connectivity index (χ4v) is 1.94. The molecule has 0 radical (unpaired) electrons. The molecule has 0 saturated heterocycles. The van der Waals surface area contributed by atoms with Crippen LogP contribution in [-0.4, -0.2) is 29.1 Å². The van der Waals surface area contributed by atoms with E-state index < -0.39 is 0 Å². The largest absolute Gasteiger partial charge is 0.415 e. The van der Waals surface area contributed by atoms with Gasteiger partial charge in [-0.25, -0.2) is 9.78 Å². The van der Waals surface area contributed by atoms with E-state index in [4.69, 9.17) is 4.74 Å². The third-order valence-electron chi connectivity index (χ3n) is 3.04. The Morgan fingerprint density at radius 2 is 1.95 bits per heavy atom. The second kappa shape index (κ2) is 5.69. The lowest BCUT2D eigenvalue weighted by Crippen LogP contribution is -2.33. The lowest BCUT2D eigenvalue weighted by atomic mass is 10.2. The van der Waals surface area contributed by atoms with Crippen LogP contribution < -0.4 is 4.74 Å². The molecule has 0 fully saturated rings. The summed E-state index contributed by atoms with van der Waals surface area (Å²) in [5, 5.41) is 0.968. The monoisotopic (exact) mass is 258 g/mol. The highest BCUT2D eigenvalue weighted by atomic mass is 16.6. The molecule has 1 aromatic heterocycles. The van der Waals surface area contributed by atoms with Crippen LogP contribution in [0.1, 0.15) is 19.5 Å². The van der Waals surface area contributed by atoms with Crippen LogP contribution in [-0.2, 0) is 0 Å². The first-order chi connectivity index (χ1) is 9.15. The van der Waals surface area contributed by atoms with Gasteiger partial charge in [-0.15, -0.1) is 0 Å². The molecule has 1 amide bonds. The lowest BCUT2D eigenvalue weighted by Gasteiger charge is -2.18. The van der Waals surface area contributed by atoms with E-state index in [0.29, 0.717) is 18.8 Å². The van der Waals surface area contributed by atoms with Gasteiger partial charge in [0, 0.05) is 24.2 Å². The highest BCUT2D eigenvalue weighted by Gasteiger charge is 2.14. The van der Waals surface area contributed by atoms with E-state index in [-0.39, 0.29) is 6.09 Å². The quantitative estimate of drug-likeness (QED) is 0.847. The number of hydrogen-bond donors (Lipinski definition) is 0. The Labute approximate surface area is 113 Å². The number of nitrogens with zero attached hydrogens (tertiary/aromatic N) is 2. The van der Waals surface area contributed by atoms with Crippen LogP contribution in [0.5, 0.6) is 5.75 Å². The molecule has 1 aromatic carbocycles. The molecule has 100 valence electrons. The number of carbonyl (C=O) groups excluding carboxylic acids is 1. The maximum atomic E-state index is 12.0. The van der Waals surface area contributed by atoms with Crippen molar-refractivity contribution in [1.82, 2.24) is 9.88 Å². The number of aromatic nitrogens is 1. The molecule has 0 N–H and O–H groups in total. The molecule has 0 spiro atoms. The standard InChI is InChI=1S/C15H18N2O2/c1-4-17(5-2)15(18)19-13-8-6-7-12-10-9-11(3)16-14(12)13/h6-10H,4-5H2,1-3H3. The average Bonchev–Trinajstić information content (AvgIpc) is 2.41. The fraction of sp³-hybridized carbons (Fsp3) is 0.333. The number of hydrogen-bond acceptors (Lipinski definition) is 3. The fourth-order valence-electron chi connectivity index (χ4n) is 1.94. The molecule has 2 aromatic rings. The third kappa shape index (κ3) is 2.84. The zero-order valence-electron chi connectivity index (χ0n) is 11.5. The molecule has 0 bridgehead atoms. The minimum Gasteiger partial charge on any atom is -0.408 e. The van der Waals surface area contributed by atoms with E-state index in [1.807, 2.05) is 45.0 Å². The van der Waals surface area contributed by atoms with E-state index in [9.17, 15) is 4.79 Å². The maximum Gasteiger partial charge on any atom is 0.415 e. The molecule has 0 unspecified atom stereocenters. The Morgan fingerprint density at radius 3 is 2.63 bits per heavy atom. The minimum atomic E-state index is -0.333. The van der Waals surface area contributed by atoms with Crippen LogP contribution in [0.4, 0.5) is 4.79 Å². The minimum absolute atomic E-state index is 0.333. The van der Waals surface area contributed by atoms with Crippen molar-refractivity contribution >= 4 is 17.0 Å². The Bertz CT molecular complexity index is 592. The predicted molar refractivity (Wildman–Crippen MR) is 75.4 cm³/mol. The van der Waals surface area contributed by atoms with E-state index >= 15 is 0 Å². The summed E-state index contributed by atoms with van der Waals surface area (Å²) in [6, 6.07) is 9.52. The van der Waals surface area contributed by atoms with Crippen LogP contribution in [0.2, 0.25) is 0 Å². The zero-order chi connectivity index (χ0) is 13.8. The lowest BCUT2D eigenvalue weighted by molar-refractivity contribution is 0.158. The van der Waals surface area contributed by atoms with Crippen molar-refractivity contribution in [1.29, 1.82) is 0 Å². The number of ether oxygens (including phenoxy) is 1. The average molecular weight is 258 g/mol. The van der Waals surface area contributed by atoms with Gasteiger partial charge in [-0.3, -0.25) is 0 Å². The van der Waals surface area contributed by atoms with Crippen molar-refractivity contribution in [3.63, 3.8) is 0 Å². The topological polar surface area (TPSA) is 42.4 Å². The van der Waals surface area contributed by atoms with Gasteiger partial charge < -0.3 is 9.64 Å². The molecule has 1 heterocycles. The van der Waals surface area contributed by atoms with Gasteiger partial charge in [0.2, 0.25) is 0 Å². The SMILES string of the molecule is CCN(CC)C(=O)Oc1cccc2ccc(C)nc12. The van der Waals surface area contributed by atoms with E-state index in [1.54, 1.807) is 11.0 Å². The summed E-state index contributed by atoms with van der Waals surface area (Å²) in [4.78, 5) is 18.1. The highest BCUT2D eigenvalue weighted by molar-refractivity contribution is 5.87. The van der Waals surface area contributed by atoms with Crippen molar-refractivity contribution in [3.8, 4) is 5.75 Å². The summed E-state index contributed by atoms with van der Waals surface area (Å²) in [6.07, 6.45) is -0.333. The number of rotatable bonds is 3. The number of pyridine rings is 1. The van der Waals surface area contributed by atoms with Gasteiger partial charge in [0.15, 0.2) is 5.75 Å². The van der Waals surface area contributed by atoms with Crippen molar-refractivity contribution in [3.05, 3.63) is 36.0 Å². The summed E-state index contributed by atoms with van der Waals surface area (Å²) in [7, 11) is 0. The molecule has 0 aliphatic rings. The zero-order valence-corrected chi connectivity index (χ0v) is 11.5. The summed E-state index contributed by atoms with van der Waals surface area (Å²) in [6.45, 7) is 7.04. The predicted octanol–water partition coefficient (Wildman–Crippen LogP) is 3.38. The number of fused-ring (bicyclic) bond motifs is 1. The van der Waals surface area contributed by atoms with Crippen molar-refractivity contribution in [2.45, 2.75) is 20.8 Å². The number of benzene rings is 1. The second-order valence-corrected chi connectivity index (χ2v) is 4.32. The van der Waals surface area contributed by atoms with Gasteiger partial charge in [-0.1, -0.05) is 18.2 Å². The molecule has 0 aliphatic heterocycles. The summed E-state index contributed by atoms with van der Waals surface area (Å²) in [5.41, 5.74) is 1.63. The number of aryl methyl sites for hydroxylation is 1. The first-order valence-electron chi connectivity index (χ1n) is 6.48. The van der Waals surface area contributed by atoms with Gasteiger partial charge in [0.1, 0.15) is 5.52 Å². The van der Waals surface area contributed by atoms with E-state index in [0.717, 1.165) is 16.6 Å². The van der Waals surface area contributed by atoms with Crippen LogP contribution in [0.15, 0.2) is 30.3 Å². The highest BCUT2D eigenvalue weighted by Crippen LogP contribution is 2.24. The molecule has 4 nitrogen and oxygen atoms in total. The summed E-state index contributed by atoms with van der Waals surface area (Å²) in [5.74, 6) is 0.512. The molecule has 4 heteroatoms. The van der Waals surface area contributed by atoms with Crippen molar-refractivity contribution in [2.75, 3.05) is 13.1 Å². The number of carbonyl (C=O) groups is 1. The Morgan fingerprint density at radius 1 is 1.21 bits per heavy atom. The van der Waals surface area contributed by atoms with Gasteiger partial charge in [-0.05, 0) is 32.9 Å². The molecule has 0 saturated carbocycles. The normalized spacial score (nSPS) is 10.5. The Hall–Kier alpha value is -2.10. The summed E-state index contributed by atoms with van der Waals surface area (Å²) < 4.78 is 5.45. The van der Waals surface area contributed by atoms with Gasteiger partial charge in [0.05, 0.1) is 0 Å². The van der Waals surface area contributed by atoms with Crippen LogP contribution in [0.25, 0.3) is 10.9 Å². The van der Waals surface area contributed by atoms with Crippen LogP contribution in [0, 0.1) is 6.92 Å². The molecular formula is C15H18N2O2. The number of amides is 1. The second-order valence-electron chi connectivity index (χ2n) is 4.32. The number of para-hydroxylation sites is 1. The molecule has 0 aliphatic carbocycles. The van der Waals surface area contributed by atoms with E-state index in [1.165, 1.54) is 0 Å². The Kier molecular flexibility index (Phi) is 4.00. The molecule has 2 rings (SSSR count).